The quantitative estimate of drug-likeness (QED) is 0.0422. The van der Waals surface area contributed by atoms with Crippen molar-refractivity contribution in [2.45, 2.75) is 24.5 Å². The number of thiol groups is 2. The number of primary amides is 1. The van der Waals surface area contributed by atoms with Gasteiger partial charge in [-0.15, -0.1) is 11.8 Å². The van der Waals surface area contributed by atoms with E-state index in [0.29, 0.717) is 0 Å². The van der Waals surface area contributed by atoms with Crippen molar-refractivity contribution in [3.8, 4) is 0 Å². The molecule has 64 heavy (non-hydrogen) atoms. The molecule has 0 aromatic heterocycles. The Labute approximate surface area is 383 Å². The monoisotopic (exact) mass is 967 g/mol. The van der Waals surface area contributed by atoms with Crippen LogP contribution in [0, 0.1) is 0 Å². The van der Waals surface area contributed by atoms with Crippen molar-refractivity contribution < 1.29 is 71.7 Å². The first kappa shape index (κ1) is 56.8. The molecule has 0 aliphatic carbocycles. The molecule has 0 aromatic carbocycles. The number of amides is 11. The van der Waals surface area contributed by atoms with Crippen molar-refractivity contribution in [2.75, 3.05) is 116 Å². The van der Waals surface area contributed by atoms with Crippen molar-refractivity contribution in [1.29, 1.82) is 0 Å². The third-order valence-electron chi connectivity index (χ3n) is 7.60. The molecular formula is C35H57N11O15S3. The fraction of sp³-hybridized carbons (Fsp3) is 0.629. The van der Waals surface area contributed by atoms with Gasteiger partial charge in [-0.1, -0.05) is 6.08 Å². The zero-order valence-electron chi connectivity index (χ0n) is 34.8. The molecule has 0 saturated heterocycles. The molecule has 1 aliphatic rings. The molecule has 3 atom stereocenters. The van der Waals surface area contributed by atoms with E-state index in [9.17, 15) is 52.7 Å². The lowest BCUT2D eigenvalue weighted by atomic mass is 10.3. The van der Waals surface area contributed by atoms with Crippen LogP contribution >= 0.6 is 37.0 Å². The number of nitrogens with two attached hydrogens (primary N) is 1. The van der Waals surface area contributed by atoms with E-state index in [1.54, 1.807) is 0 Å². The SMILES string of the molecule is NC(=O)COCC(=O)NCCOCCOCCOCCNC(=O)[C@@H]1CSC=CCC(=O)NCC(=O)N[C@@H](CS)C(=O)NCC(=O)NCC(=O)NCC(=O)N[C@@H](CS)C(=O)NCC(=O)N1. The summed E-state index contributed by atoms with van der Waals surface area (Å²) in [5.41, 5.74) is 4.92. The highest BCUT2D eigenvalue weighted by Gasteiger charge is 2.24. The number of hydrogen-bond donors (Lipinski definition) is 13. The third kappa shape index (κ3) is 29.2. The molecule has 360 valence electrons. The molecule has 0 aromatic rings. The third-order valence-corrected chi connectivity index (χ3v) is 9.24. The normalized spacial score (nSPS) is 19.6. The van der Waals surface area contributed by atoms with Crippen molar-refractivity contribution in [3.05, 3.63) is 11.5 Å². The average molecular weight is 968 g/mol. The first-order chi connectivity index (χ1) is 30.6. The fourth-order valence-corrected chi connectivity index (χ4v) is 5.75. The van der Waals surface area contributed by atoms with E-state index >= 15 is 0 Å². The summed E-state index contributed by atoms with van der Waals surface area (Å²) in [7, 11) is 0. The highest BCUT2D eigenvalue weighted by molar-refractivity contribution is 8.02. The van der Waals surface area contributed by atoms with Gasteiger partial charge in [0.2, 0.25) is 65.0 Å². The fourth-order valence-electron chi connectivity index (χ4n) is 4.47. The van der Waals surface area contributed by atoms with Gasteiger partial charge in [0.1, 0.15) is 31.3 Å². The van der Waals surface area contributed by atoms with Gasteiger partial charge in [-0.2, -0.15) is 25.3 Å². The molecule has 11 amide bonds. The highest BCUT2D eigenvalue weighted by atomic mass is 32.2. The molecule has 0 bridgehead atoms. The standard InChI is InChI=1S/C35H57N11O15S3/c36-25(47)17-61-18-32(54)37-3-5-58-7-9-60-10-8-59-6-4-38-35(57)24-21-64-11-1-2-26(48)39-14-29(51)44-22(19-62)33(55)42-13-28(50)40-12-27(49)41-15-30(52)45-23(20-63)34(56)43-16-31(53)46-24/h1,11,22-24,62-63H,2-10,12-21H2,(H2,36,47)(H,37,54)(H,38,57)(H,39,48)(H,40,50)(H,41,49)(H,42,55)(H,43,56)(H,44,51)(H,45,52)(H,46,53)/t22-,23-,24-/m0/s1. The van der Waals surface area contributed by atoms with Crippen molar-refractivity contribution in [3.63, 3.8) is 0 Å². The van der Waals surface area contributed by atoms with E-state index in [-0.39, 0.29) is 89.6 Å². The van der Waals surface area contributed by atoms with Crippen molar-refractivity contribution in [2.24, 2.45) is 5.73 Å². The largest absolute Gasteiger partial charge is 0.377 e. The topological polar surface area (TPSA) is 371 Å². The van der Waals surface area contributed by atoms with E-state index in [1.165, 1.54) is 11.5 Å². The minimum absolute atomic E-state index is 0.0180. The molecule has 26 nitrogen and oxygen atoms in total. The van der Waals surface area contributed by atoms with E-state index in [4.69, 9.17) is 24.7 Å². The van der Waals surface area contributed by atoms with E-state index in [2.05, 4.69) is 78.4 Å². The molecule has 1 aliphatic heterocycles. The van der Waals surface area contributed by atoms with E-state index in [0.717, 1.165) is 11.8 Å². The first-order valence-corrected chi connectivity index (χ1v) is 21.8. The Bertz CT molecular complexity index is 1610. The van der Waals surface area contributed by atoms with E-state index < -0.39 is 116 Å². The van der Waals surface area contributed by atoms with Gasteiger partial charge in [0.05, 0.1) is 72.4 Å². The predicted molar refractivity (Wildman–Crippen MR) is 233 cm³/mol. The molecule has 0 unspecified atom stereocenters. The van der Waals surface area contributed by atoms with Gasteiger partial charge < -0.3 is 77.8 Å². The summed E-state index contributed by atoms with van der Waals surface area (Å²) >= 11 is 9.17. The Morgan fingerprint density at radius 1 is 0.594 bits per heavy atom. The zero-order valence-corrected chi connectivity index (χ0v) is 37.4. The van der Waals surface area contributed by atoms with Crippen LogP contribution in [0.15, 0.2) is 11.5 Å². The van der Waals surface area contributed by atoms with Crippen LogP contribution in [0.3, 0.4) is 0 Å². The molecule has 0 spiro atoms. The number of nitrogens with one attached hydrogen (secondary N) is 10. The molecule has 0 fully saturated rings. The van der Waals surface area contributed by atoms with Gasteiger partial charge in [0, 0.05) is 36.8 Å². The molecule has 0 radical (unpaired) electrons. The smallest absolute Gasteiger partial charge is 0.246 e. The minimum Gasteiger partial charge on any atom is -0.377 e. The number of carbonyl (C=O) groups excluding carboxylic acids is 11. The number of thioether (sulfide) groups is 1. The van der Waals surface area contributed by atoms with Gasteiger partial charge in [0.15, 0.2) is 0 Å². The average Bonchev–Trinajstić information content (AvgIpc) is 3.26. The molecule has 1 rings (SSSR count). The van der Waals surface area contributed by atoms with Gasteiger partial charge in [-0.05, 0) is 5.41 Å². The maximum Gasteiger partial charge on any atom is 0.246 e. The van der Waals surface area contributed by atoms with Gasteiger partial charge >= 0.3 is 0 Å². The summed E-state index contributed by atoms with van der Waals surface area (Å²) in [6.07, 6.45) is 1.28. The van der Waals surface area contributed by atoms with Crippen LogP contribution in [-0.2, 0) is 71.7 Å². The second-order valence-corrected chi connectivity index (χ2v) is 14.5. The molecular weight excluding hydrogens is 911 g/mol. The summed E-state index contributed by atoms with van der Waals surface area (Å²) < 4.78 is 21.0. The number of hydrogen-bond acceptors (Lipinski definition) is 18. The Morgan fingerprint density at radius 2 is 1.05 bits per heavy atom. The summed E-state index contributed by atoms with van der Waals surface area (Å²) in [5.74, 6) is -7.99. The Kier molecular flexibility index (Phi) is 31.2. The Balaban J connectivity index is 2.72. The Hall–Kier alpha value is -5.20. The lowest BCUT2D eigenvalue weighted by Crippen LogP contribution is -2.54. The van der Waals surface area contributed by atoms with Gasteiger partial charge in [-0.25, -0.2) is 0 Å². The summed E-state index contributed by atoms with van der Waals surface area (Å²) in [6.45, 7) is -1.97. The zero-order chi connectivity index (χ0) is 47.5. The van der Waals surface area contributed by atoms with E-state index in [1.807, 2.05) is 0 Å². The molecule has 29 heteroatoms. The van der Waals surface area contributed by atoms with Gasteiger partial charge in [-0.3, -0.25) is 52.7 Å². The second-order valence-electron chi connectivity index (χ2n) is 12.8. The number of carbonyl (C=O) groups is 11. The number of rotatable bonds is 19. The molecule has 0 saturated carbocycles. The van der Waals surface area contributed by atoms with Crippen LogP contribution in [0.25, 0.3) is 0 Å². The molecule has 1 heterocycles. The van der Waals surface area contributed by atoms with Crippen LogP contribution in [0.4, 0.5) is 0 Å². The van der Waals surface area contributed by atoms with Crippen LogP contribution < -0.4 is 58.9 Å². The van der Waals surface area contributed by atoms with Crippen LogP contribution in [0.2, 0.25) is 0 Å². The maximum atomic E-state index is 13.1. The lowest BCUT2D eigenvalue weighted by Gasteiger charge is -2.19. The highest BCUT2D eigenvalue weighted by Crippen LogP contribution is 2.06. The van der Waals surface area contributed by atoms with Crippen molar-refractivity contribution >= 4 is 102 Å². The van der Waals surface area contributed by atoms with Crippen LogP contribution in [0.1, 0.15) is 6.42 Å². The first-order valence-electron chi connectivity index (χ1n) is 19.5. The van der Waals surface area contributed by atoms with Crippen molar-refractivity contribution in [1.82, 2.24) is 53.2 Å². The summed E-state index contributed by atoms with van der Waals surface area (Å²) in [6, 6.07) is -3.53. The summed E-state index contributed by atoms with van der Waals surface area (Å²) in [4.78, 5) is 135. The van der Waals surface area contributed by atoms with Gasteiger partial charge in [0.25, 0.3) is 0 Å². The number of ether oxygens (including phenoxy) is 4. The predicted octanol–water partition coefficient (Wildman–Crippen LogP) is -7.68. The van der Waals surface area contributed by atoms with Crippen LogP contribution in [-0.4, -0.2) is 199 Å². The maximum absolute atomic E-state index is 13.1. The van der Waals surface area contributed by atoms with Crippen LogP contribution in [0.5, 0.6) is 0 Å². The second kappa shape index (κ2) is 35.2. The Morgan fingerprint density at radius 3 is 1.58 bits per heavy atom. The lowest BCUT2D eigenvalue weighted by molar-refractivity contribution is -0.131. The molecule has 12 N–H and O–H groups in total. The minimum atomic E-state index is -1.23. The summed E-state index contributed by atoms with van der Waals surface area (Å²) in [5, 5.41) is 25.4.